The van der Waals surface area contributed by atoms with E-state index in [0.29, 0.717) is 12.0 Å². The predicted octanol–water partition coefficient (Wildman–Crippen LogP) is 1.87. The fourth-order valence-corrected chi connectivity index (χ4v) is 4.05. The lowest BCUT2D eigenvalue weighted by molar-refractivity contribution is 0.0358. The quantitative estimate of drug-likeness (QED) is 0.788. The first-order valence-electron chi connectivity index (χ1n) is 9.77. The third-order valence-electron chi connectivity index (χ3n) is 5.92. The summed E-state index contributed by atoms with van der Waals surface area (Å²) < 4.78 is 2.04. The number of hydrogen-bond acceptors (Lipinski definition) is 4. The van der Waals surface area contributed by atoms with Gasteiger partial charge < -0.3 is 14.7 Å². The van der Waals surface area contributed by atoms with E-state index in [2.05, 4.69) is 35.8 Å². The Morgan fingerprint density at radius 3 is 2.44 bits per heavy atom. The highest BCUT2D eigenvalue weighted by Crippen LogP contribution is 2.24. The van der Waals surface area contributed by atoms with E-state index < -0.39 is 0 Å². The fraction of sp³-hybridized carbons (Fsp3) is 0.789. The van der Waals surface area contributed by atoms with E-state index in [1.165, 1.54) is 0 Å². The Morgan fingerprint density at radius 1 is 1.20 bits per heavy atom. The zero-order valence-electron chi connectivity index (χ0n) is 16.2. The molecule has 6 heteroatoms. The van der Waals surface area contributed by atoms with Crippen LogP contribution < -0.4 is 0 Å². The zero-order valence-corrected chi connectivity index (χ0v) is 16.2. The van der Waals surface area contributed by atoms with Crippen molar-refractivity contribution < 1.29 is 4.79 Å². The summed E-state index contributed by atoms with van der Waals surface area (Å²) >= 11 is 0. The van der Waals surface area contributed by atoms with Crippen LogP contribution in [0.5, 0.6) is 0 Å². The minimum Gasteiger partial charge on any atom is -0.338 e. The molecule has 0 radical (unpaired) electrons. The normalized spacial score (nSPS) is 20.3. The van der Waals surface area contributed by atoms with Gasteiger partial charge in [-0.15, -0.1) is 0 Å². The molecule has 25 heavy (non-hydrogen) atoms. The topological polar surface area (TPSA) is 44.6 Å². The van der Waals surface area contributed by atoms with Gasteiger partial charge in [-0.1, -0.05) is 13.8 Å². The van der Waals surface area contributed by atoms with Crippen molar-refractivity contribution in [1.29, 1.82) is 0 Å². The number of hydrogen-bond donors (Lipinski definition) is 0. The van der Waals surface area contributed by atoms with Crippen LogP contribution >= 0.6 is 0 Å². The second-order valence-electron chi connectivity index (χ2n) is 7.74. The molecule has 140 valence electrons. The highest BCUT2D eigenvalue weighted by molar-refractivity contribution is 5.95. The van der Waals surface area contributed by atoms with E-state index in [1.54, 1.807) is 6.20 Å². The number of carbonyl (C=O) groups excluding carboxylic acids is 1. The third kappa shape index (κ3) is 3.90. The largest absolute Gasteiger partial charge is 0.338 e. The van der Waals surface area contributed by atoms with Gasteiger partial charge in [0.25, 0.3) is 5.91 Å². The summed E-state index contributed by atoms with van der Waals surface area (Å²) in [4.78, 5) is 19.7. The number of piperazine rings is 1. The summed E-state index contributed by atoms with van der Waals surface area (Å²) in [6, 6.07) is 0.392. The van der Waals surface area contributed by atoms with Crippen molar-refractivity contribution in [1.82, 2.24) is 24.5 Å². The van der Waals surface area contributed by atoms with E-state index in [-0.39, 0.29) is 5.91 Å². The van der Waals surface area contributed by atoms with Crippen molar-refractivity contribution in [2.75, 3.05) is 52.9 Å². The first-order chi connectivity index (χ1) is 12.0. The first kappa shape index (κ1) is 18.4. The molecule has 0 saturated carbocycles. The average molecular weight is 348 g/mol. The van der Waals surface area contributed by atoms with Crippen LogP contribution in [0.2, 0.25) is 0 Å². The molecule has 0 spiro atoms. The van der Waals surface area contributed by atoms with Gasteiger partial charge in [0.05, 0.1) is 17.8 Å². The summed E-state index contributed by atoms with van der Waals surface area (Å²) in [7, 11) is 2.19. The van der Waals surface area contributed by atoms with Gasteiger partial charge >= 0.3 is 0 Å². The summed E-state index contributed by atoms with van der Waals surface area (Å²) in [5.74, 6) is 0.783. The van der Waals surface area contributed by atoms with E-state index >= 15 is 0 Å². The fourth-order valence-electron chi connectivity index (χ4n) is 4.05. The minimum absolute atomic E-state index is 0.157. The summed E-state index contributed by atoms with van der Waals surface area (Å²) in [5, 5.41) is 4.50. The van der Waals surface area contributed by atoms with Gasteiger partial charge in [0.2, 0.25) is 0 Å². The van der Waals surface area contributed by atoms with Crippen molar-refractivity contribution in [2.45, 2.75) is 39.7 Å². The lowest BCUT2D eigenvalue weighted by atomic mass is 9.98. The van der Waals surface area contributed by atoms with Gasteiger partial charge in [-0.2, -0.15) is 5.10 Å². The molecule has 2 fully saturated rings. The molecule has 2 aliphatic rings. The number of amides is 1. The van der Waals surface area contributed by atoms with E-state index in [0.717, 1.165) is 69.9 Å². The minimum atomic E-state index is 0.157. The monoisotopic (exact) mass is 347 g/mol. The average Bonchev–Trinajstić information content (AvgIpc) is 2.95. The molecule has 0 N–H and O–H groups in total. The molecular formula is C19H33N5O. The maximum atomic E-state index is 12.8. The molecule has 3 rings (SSSR count). The molecule has 1 aromatic rings. The molecule has 0 atom stereocenters. The Bertz CT molecular complexity index is 581. The van der Waals surface area contributed by atoms with Crippen molar-refractivity contribution in [2.24, 2.45) is 5.92 Å². The molecule has 1 aromatic heterocycles. The van der Waals surface area contributed by atoms with Crippen molar-refractivity contribution in [3.63, 3.8) is 0 Å². The van der Waals surface area contributed by atoms with Gasteiger partial charge in [0.15, 0.2) is 0 Å². The van der Waals surface area contributed by atoms with Gasteiger partial charge in [-0.25, -0.2) is 0 Å². The lowest BCUT2D eigenvalue weighted by Gasteiger charge is -2.43. The number of carbonyl (C=O) groups is 1. The second kappa shape index (κ2) is 7.87. The van der Waals surface area contributed by atoms with Crippen LogP contribution in [-0.4, -0.2) is 83.2 Å². The van der Waals surface area contributed by atoms with Crippen LogP contribution in [0.1, 0.15) is 48.8 Å². The van der Waals surface area contributed by atoms with Gasteiger partial charge in [0.1, 0.15) is 0 Å². The molecule has 0 unspecified atom stereocenters. The highest BCUT2D eigenvalue weighted by atomic mass is 16.2. The molecule has 2 saturated heterocycles. The van der Waals surface area contributed by atoms with Gasteiger partial charge in [-0.05, 0) is 26.8 Å². The molecule has 1 amide bonds. The Morgan fingerprint density at radius 2 is 1.84 bits per heavy atom. The van der Waals surface area contributed by atoms with Crippen molar-refractivity contribution in [3.05, 3.63) is 17.5 Å². The molecule has 0 bridgehead atoms. The molecular weight excluding hydrogens is 314 g/mol. The molecule has 3 heterocycles. The Labute approximate surface area is 151 Å². The van der Waals surface area contributed by atoms with Crippen LogP contribution in [0, 0.1) is 12.8 Å². The molecule has 6 nitrogen and oxygen atoms in total. The van der Waals surface area contributed by atoms with Crippen molar-refractivity contribution in [3.8, 4) is 0 Å². The van der Waals surface area contributed by atoms with Crippen LogP contribution in [0.4, 0.5) is 0 Å². The number of rotatable bonds is 6. The van der Waals surface area contributed by atoms with Crippen LogP contribution in [0.15, 0.2) is 6.20 Å². The van der Waals surface area contributed by atoms with E-state index in [9.17, 15) is 4.79 Å². The van der Waals surface area contributed by atoms with E-state index in [1.807, 2.05) is 16.5 Å². The zero-order chi connectivity index (χ0) is 18.0. The summed E-state index contributed by atoms with van der Waals surface area (Å²) in [6.45, 7) is 13.9. The predicted molar refractivity (Wildman–Crippen MR) is 99.9 cm³/mol. The van der Waals surface area contributed by atoms with Crippen LogP contribution in [0.3, 0.4) is 0 Å². The number of likely N-dealkylation sites (N-methyl/N-ethyl adjacent to an activating group) is 1. The Balaban J connectivity index is 1.52. The maximum Gasteiger partial charge on any atom is 0.257 e. The maximum absolute atomic E-state index is 12.8. The number of aromatic nitrogens is 2. The number of likely N-dealkylation sites (tertiary alicyclic amines) is 1. The first-order valence-corrected chi connectivity index (χ1v) is 9.77. The van der Waals surface area contributed by atoms with Crippen LogP contribution in [-0.2, 0) is 0 Å². The summed E-state index contributed by atoms with van der Waals surface area (Å²) in [5.41, 5.74) is 1.80. The molecule has 0 aromatic carbocycles. The van der Waals surface area contributed by atoms with E-state index in [4.69, 9.17) is 0 Å². The van der Waals surface area contributed by atoms with Gasteiger partial charge in [-0.3, -0.25) is 9.48 Å². The Hall–Kier alpha value is -1.40. The Kier molecular flexibility index (Phi) is 5.79. The lowest BCUT2D eigenvalue weighted by Crippen LogP contribution is -2.56. The SMILES string of the molecule is CCC(CC)n1ncc(C(=O)N2CC(CN3CCN(C)CC3)C2)c1C. The number of nitrogens with zero attached hydrogens (tertiary/aromatic N) is 5. The highest BCUT2D eigenvalue weighted by Gasteiger charge is 2.34. The molecule has 2 aliphatic heterocycles. The van der Waals surface area contributed by atoms with Gasteiger partial charge in [0, 0.05) is 57.4 Å². The van der Waals surface area contributed by atoms with Crippen LogP contribution in [0.25, 0.3) is 0 Å². The standard InChI is InChI=1S/C19H33N5O/c1-5-17(6-2)24-15(3)18(11-20-24)19(25)23-13-16(14-23)12-22-9-7-21(4)8-10-22/h11,16-17H,5-10,12-14H2,1-4H3. The van der Waals surface area contributed by atoms with Crippen molar-refractivity contribution >= 4 is 5.91 Å². The smallest absolute Gasteiger partial charge is 0.257 e. The second-order valence-corrected chi connectivity index (χ2v) is 7.74. The third-order valence-corrected chi connectivity index (χ3v) is 5.92. The molecule has 0 aliphatic carbocycles. The summed E-state index contributed by atoms with van der Waals surface area (Å²) in [6.07, 6.45) is 3.86.